The fraction of sp³-hybridized carbons (Fsp3) is 0.571. The number of aromatic nitrogens is 2. The largest absolute Gasteiger partial charge is 0.462 e. The van der Waals surface area contributed by atoms with Gasteiger partial charge in [0.25, 0.3) is 0 Å². The number of aryl methyl sites for hydroxylation is 2. The summed E-state index contributed by atoms with van der Waals surface area (Å²) in [4.78, 5) is 74.5. The molecule has 4 amide bonds. The number of rotatable bonds is 8. The summed E-state index contributed by atoms with van der Waals surface area (Å²) in [5, 5.41) is 1.38. The highest BCUT2D eigenvalue weighted by molar-refractivity contribution is 7.15. The van der Waals surface area contributed by atoms with E-state index in [0.29, 0.717) is 42.5 Å². The second-order valence-electron chi connectivity index (χ2n) is 16.4. The third kappa shape index (κ3) is 15.7. The molecule has 13 nitrogen and oxygen atoms in total. The zero-order valence-corrected chi connectivity index (χ0v) is 43.1. The zero-order chi connectivity index (χ0) is 49.3. The quantitative estimate of drug-likeness (QED) is 0.221. The lowest BCUT2D eigenvalue weighted by molar-refractivity contribution is -0.136. The molecule has 3 aliphatic rings. The minimum atomic E-state index is -0.527. The van der Waals surface area contributed by atoms with Crippen LogP contribution in [-0.4, -0.2) is 68.6 Å². The summed E-state index contributed by atoms with van der Waals surface area (Å²) in [5.41, 5.74) is 13.3. The van der Waals surface area contributed by atoms with Crippen LogP contribution in [0.25, 0.3) is 16.0 Å². The minimum absolute atomic E-state index is 0.0992. The molecule has 0 spiro atoms. The number of hydrogen-bond donors (Lipinski definition) is 2. The normalized spacial score (nSPS) is 16.6. The first-order valence-electron chi connectivity index (χ1n) is 22.7. The summed E-state index contributed by atoms with van der Waals surface area (Å²) in [6, 6.07) is 2.29. The molecular formula is C49H76N6O7S2. The van der Waals surface area contributed by atoms with E-state index in [0.717, 1.165) is 55.9 Å². The summed E-state index contributed by atoms with van der Waals surface area (Å²) in [6.45, 7) is 37.0. The number of allylic oxidation sites excluding steroid dienone is 4. The molecule has 0 radical (unpaired) electrons. The van der Waals surface area contributed by atoms with Gasteiger partial charge in [-0.1, -0.05) is 104 Å². The molecule has 0 aliphatic carbocycles. The van der Waals surface area contributed by atoms with Gasteiger partial charge in [0.1, 0.15) is 39.4 Å². The Morgan fingerprint density at radius 1 is 0.719 bits per heavy atom. The van der Waals surface area contributed by atoms with Crippen LogP contribution in [0.5, 0.6) is 0 Å². The van der Waals surface area contributed by atoms with E-state index in [4.69, 9.17) is 20.6 Å². The molecular weight excluding hydrogens is 849 g/mol. The first-order chi connectivity index (χ1) is 30.1. The molecule has 2 fully saturated rings. The van der Waals surface area contributed by atoms with Gasteiger partial charge in [-0.25, -0.2) is 14.8 Å². The van der Waals surface area contributed by atoms with Gasteiger partial charge in [-0.3, -0.25) is 19.2 Å². The second kappa shape index (κ2) is 26.2. The van der Waals surface area contributed by atoms with Crippen molar-refractivity contribution in [3.05, 3.63) is 84.8 Å². The predicted molar refractivity (Wildman–Crippen MR) is 263 cm³/mol. The van der Waals surface area contributed by atoms with E-state index in [1.807, 2.05) is 108 Å². The number of nitrogens with two attached hydrogens (primary N) is 2. The van der Waals surface area contributed by atoms with E-state index in [-0.39, 0.29) is 35.5 Å². The Hall–Kier alpha value is -4.89. The van der Waals surface area contributed by atoms with Crippen LogP contribution < -0.4 is 17.1 Å². The van der Waals surface area contributed by atoms with Crippen LogP contribution in [-0.2, 0) is 42.2 Å². The SMILES string of the molecule is C=C1C=C(c2sc(CC(=O)N3CCC[C@@H]3C(N)=O)nc2C)C=C(C(C)(C)C)O1.CC.CC.CC.CC.Cc1nc(CC(=O)N2CCC[C@H]2C(N)=O)sc1-c1cc(C(C)(C)C)oc(=O)c1. The third-order valence-electron chi connectivity index (χ3n) is 9.71. The zero-order valence-electron chi connectivity index (χ0n) is 41.4. The van der Waals surface area contributed by atoms with Crippen LogP contribution in [0.1, 0.15) is 155 Å². The Morgan fingerprint density at radius 3 is 1.58 bits per heavy atom. The fourth-order valence-electron chi connectivity index (χ4n) is 6.81. The molecule has 0 saturated carbocycles. The number of nitrogens with zero attached hydrogens (tertiary/aromatic N) is 4. The Bertz CT molecular complexity index is 2170. The highest BCUT2D eigenvalue weighted by Crippen LogP contribution is 2.38. The van der Waals surface area contributed by atoms with Gasteiger partial charge in [-0.05, 0) is 57.7 Å². The highest BCUT2D eigenvalue weighted by Gasteiger charge is 2.34. The lowest BCUT2D eigenvalue weighted by Crippen LogP contribution is -2.44. The van der Waals surface area contributed by atoms with E-state index in [9.17, 15) is 24.0 Å². The monoisotopic (exact) mass is 925 g/mol. The topological polar surface area (TPSA) is 192 Å². The van der Waals surface area contributed by atoms with Gasteiger partial charge >= 0.3 is 5.63 Å². The maximum Gasteiger partial charge on any atom is 0.336 e. The Kier molecular flexibility index (Phi) is 23.4. The standard InChI is InChI=1S/C21H27N3O3S.C20H25N3O4S.4C2H6/c1-12-9-14(10-16(27-12)21(3,4)5)19-13(2)23-17(28-19)11-18(25)24-8-6-7-15(24)20(22)26;1-11-18(12-8-14(20(2,3)4)27-17(25)9-12)28-15(22-11)10-16(24)23-7-5-6-13(23)19(21)26;4*1-2/h9-10,15H,1,6-8,11H2,2-5H3,(H2,22,26);8-9,13H,5-7,10H2,1-4H3,(H2,21,26);4*1-2H3/t15-;13-;;;;/m10..../s1. The number of carbonyl (C=O) groups excluding carboxylic acids is 4. The van der Waals surface area contributed by atoms with Gasteiger partial charge in [0.15, 0.2) is 0 Å². The van der Waals surface area contributed by atoms with Crippen LogP contribution in [0.2, 0.25) is 0 Å². The Morgan fingerprint density at radius 2 is 1.16 bits per heavy atom. The molecule has 0 bridgehead atoms. The van der Waals surface area contributed by atoms with Gasteiger partial charge in [0.2, 0.25) is 23.6 Å². The molecule has 6 rings (SSSR count). The lowest BCUT2D eigenvalue weighted by Gasteiger charge is -2.26. The van der Waals surface area contributed by atoms with Crippen LogP contribution in [0.4, 0.5) is 0 Å². The van der Waals surface area contributed by atoms with Crippen LogP contribution in [0.15, 0.2) is 51.6 Å². The maximum atomic E-state index is 12.7. The summed E-state index contributed by atoms with van der Waals surface area (Å²) < 4.78 is 11.1. The van der Waals surface area contributed by atoms with Crippen LogP contribution in [0.3, 0.4) is 0 Å². The predicted octanol–water partition coefficient (Wildman–Crippen LogP) is 9.82. The number of thiazole rings is 2. The minimum Gasteiger partial charge on any atom is -0.462 e. The molecule has 2 saturated heterocycles. The van der Waals surface area contributed by atoms with Crippen molar-refractivity contribution in [2.24, 2.45) is 16.9 Å². The third-order valence-corrected chi connectivity index (χ3v) is 12.1. The Balaban J connectivity index is 0.000000554. The average Bonchev–Trinajstić information content (AvgIpc) is 4.07. The van der Waals surface area contributed by atoms with Crippen molar-refractivity contribution in [1.82, 2.24) is 19.8 Å². The number of amides is 4. The van der Waals surface area contributed by atoms with Crippen LogP contribution >= 0.6 is 22.7 Å². The van der Waals surface area contributed by atoms with Gasteiger partial charge in [0, 0.05) is 41.1 Å². The molecule has 3 aromatic heterocycles. The van der Waals surface area contributed by atoms with E-state index in [1.165, 1.54) is 28.7 Å². The Labute approximate surface area is 390 Å². The summed E-state index contributed by atoms with van der Waals surface area (Å²) in [6.07, 6.45) is 7.03. The maximum absolute atomic E-state index is 12.7. The first-order valence-corrected chi connectivity index (χ1v) is 24.3. The molecule has 15 heteroatoms. The second-order valence-corrected chi connectivity index (χ2v) is 18.6. The van der Waals surface area contributed by atoms with Crippen molar-refractivity contribution in [2.75, 3.05) is 13.1 Å². The van der Waals surface area contributed by atoms with E-state index in [2.05, 4.69) is 37.3 Å². The summed E-state index contributed by atoms with van der Waals surface area (Å²) in [5.74, 6) is 0.889. The number of ether oxygens (including phenoxy) is 1. The van der Waals surface area contributed by atoms with E-state index >= 15 is 0 Å². The molecule has 4 N–H and O–H groups in total. The summed E-state index contributed by atoms with van der Waals surface area (Å²) in [7, 11) is 0. The molecule has 356 valence electrons. The van der Waals surface area contributed by atoms with Gasteiger partial charge in [-0.2, -0.15) is 0 Å². The van der Waals surface area contributed by atoms with E-state index < -0.39 is 29.5 Å². The molecule has 0 unspecified atom stereocenters. The van der Waals surface area contributed by atoms with Crippen molar-refractivity contribution < 1.29 is 28.3 Å². The first kappa shape index (κ1) is 57.1. The van der Waals surface area contributed by atoms with Crippen molar-refractivity contribution >= 4 is 51.9 Å². The number of likely N-dealkylation sites (tertiary alicyclic amines) is 2. The fourth-order valence-corrected chi connectivity index (χ4v) is 8.90. The van der Waals surface area contributed by atoms with Crippen molar-refractivity contribution in [1.29, 1.82) is 0 Å². The molecule has 0 aromatic carbocycles. The molecule has 3 aromatic rings. The van der Waals surface area contributed by atoms with Gasteiger partial charge < -0.3 is 30.4 Å². The van der Waals surface area contributed by atoms with Gasteiger partial charge in [0.05, 0.1) is 34.0 Å². The number of hydrogen-bond acceptors (Lipinski definition) is 11. The lowest BCUT2D eigenvalue weighted by atomic mass is 9.91. The molecule has 6 heterocycles. The molecule has 64 heavy (non-hydrogen) atoms. The number of primary amides is 2. The molecule has 2 atom stereocenters. The smallest absolute Gasteiger partial charge is 0.336 e. The van der Waals surface area contributed by atoms with Crippen molar-refractivity contribution in [3.8, 4) is 10.4 Å². The highest BCUT2D eigenvalue weighted by atomic mass is 32.1. The summed E-state index contributed by atoms with van der Waals surface area (Å²) >= 11 is 2.88. The van der Waals surface area contributed by atoms with E-state index in [1.54, 1.807) is 9.80 Å². The van der Waals surface area contributed by atoms with Crippen molar-refractivity contribution in [3.63, 3.8) is 0 Å². The molecule has 3 aliphatic heterocycles. The van der Waals surface area contributed by atoms with Crippen LogP contribution in [0, 0.1) is 19.3 Å². The number of carbonyl (C=O) groups is 4. The van der Waals surface area contributed by atoms with Gasteiger partial charge in [-0.15, -0.1) is 22.7 Å². The van der Waals surface area contributed by atoms with Crippen molar-refractivity contribution in [2.45, 2.75) is 167 Å². The average molecular weight is 925 g/mol.